The lowest BCUT2D eigenvalue weighted by Gasteiger charge is -2.25. The number of hydrogen-bond acceptors (Lipinski definition) is 6. The molecular weight excluding hydrogens is 491 g/mol. The van der Waals surface area contributed by atoms with Crippen molar-refractivity contribution < 1.29 is 18.7 Å². The van der Waals surface area contributed by atoms with E-state index in [1.807, 2.05) is 48.5 Å². The summed E-state index contributed by atoms with van der Waals surface area (Å²) in [7, 11) is 1.59. The van der Waals surface area contributed by atoms with E-state index in [2.05, 4.69) is 10.3 Å². The lowest BCUT2D eigenvalue weighted by atomic mass is 10.1. The Morgan fingerprint density at radius 1 is 1.05 bits per heavy atom. The zero-order valence-corrected chi connectivity index (χ0v) is 21.0. The molecule has 1 atom stereocenters. The van der Waals surface area contributed by atoms with E-state index in [1.165, 1.54) is 22.7 Å². The van der Waals surface area contributed by atoms with Crippen LogP contribution in [0.1, 0.15) is 29.5 Å². The molecule has 1 unspecified atom stereocenters. The van der Waals surface area contributed by atoms with Gasteiger partial charge in [-0.15, -0.1) is 0 Å². The molecule has 0 radical (unpaired) electrons. The number of methoxy groups -OCH3 is 1. The summed E-state index contributed by atoms with van der Waals surface area (Å²) in [4.78, 5) is 36.9. The van der Waals surface area contributed by atoms with Gasteiger partial charge in [0.25, 0.3) is 5.91 Å². The number of halogens is 1. The first kappa shape index (κ1) is 24.7. The second kappa shape index (κ2) is 11.0. The molecule has 2 amide bonds. The number of amides is 2. The van der Waals surface area contributed by atoms with Crippen LogP contribution in [0.15, 0.2) is 82.8 Å². The summed E-state index contributed by atoms with van der Waals surface area (Å²) in [6.45, 7) is 0.332. The number of carbonyl (C=O) groups excluding carboxylic acids is 2. The van der Waals surface area contributed by atoms with Gasteiger partial charge in [-0.3, -0.25) is 14.6 Å². The number of aliphatic imine (C=N–C) groups is 2. The first-order valence-electron chi connectivity index (χ1n) is 11.9. The van der Waals surface area contributed by atoms with Gasteiger partial charge < -0.3 is 10.1 Å². The molecule has 5 rings (SSSR count). The Labute approximate surface area is 218 Å². The zero-order valence-electron chi connectivity index (χ0n) is 20.2. The standard InChI is InChI=1S/C28H25FN4O3S/c1-36-24-13-7-3-8-18(24)16-30-25(34)15-14-23-27(35)33-26(31-23)20-10-4-6-12-22(20)32-28(33)37-17-19-9-2-5-11-21(19)29/h2-13,23H,14-17H2,1H3,(H,30,34). The van der Waals surface area contributed by atoms with E-state index in [-0.39, 0.29) is 30.5 Å². The molecule has 3 aromatic rings. The van der Waals surface area contributed by atoms with Gasteiger partial charge in [-0.2, -0.15) is 0 Å². The number of amidine groups is 2. The van der Waals surface area contributed by atoms with Crippen LogP contribution in [0.5, 0.6) is 5.75 Å². The van der Waals surface area contributed by atoms with Crippen molar-refractivity contribution in [1.29, 1.82) is 0 Å². The van der Waals surface area contributed by atoms with E-state index in [4.69, 9.17) is 9.73 Å². The minimum atomic E-state index is -0.697. The number of thioether (sulfide) groups is 1. The molecule has 0 saturated heterocycles. The van der Waals surface area contributed by atoms with Gasteiger partial charge in [-0.1, -0.05) is 60.3 Å². The van der Waals surface area contributed by atoms with E-state index >= 15 is 0 Å². The van der Waals surface area contributed by atoms with E-state index < -0.39 is 6.04 Å². The van der Waals surface area contributed by atoms with Gasteiger partial charge in [0.2, 0.25) is 5.91 Å². The number of hydrogen-bond donors (Lipinski definition) is 1. The summed E-state index contributed by atoms with van der Waals surface area (Å²) < 4.78 is 19.5. The maximum atomic E-state index is 14.2. The highest BCUT2D eigenvalue weighted by atomic mass is 32.2. The average Bonchev–Trinajstić information content (AvgIpc) is 3.26. The third-order valence-electron chi connectivity index (χ3n) is 6.18. The number of ether oxygens (including phenoxy) is 1. The van der Waals surface area contributed by atoms with Crippen LogP contribution in [0.2, 0.25) is 0 Å². The van der Waals surface area contributed by atoms with Crippen molar-refractivity contribution in [2.45, 2.75) is 31.2 Å². The van der Waals surface area contributed by atoms with E-state index in [0.29, 0.717) is 40.3 Å². The largest absolute Gasteiger partial charge is 0.496 e. The minimum absolute atomic E-state index is 0.146. The number of fused-ring (bicyclic) bond motifs is 3. The molecule has 2 heterocycles. The Balaban J connectivity index is 1.28. The van der Waals surface area contributed by atoms with Crippen molar-refractivity contribution in [2.24, 2.45) is 9.98 Å². The Morgan fingerprint density at radius 2 is 1.78 bits per heavy atom. The summed E-state index contributed by atoms with van der Waals surface area (Å²) in [6, 6.07) is 20.8. The normalized spacial score (nSPS) is 16.0. The highest BCUT2D eigenvalue weighted by Crippen LogP contribution is 2.35. The quantitative estimate of drug-likeness (QED) is 0.465. The van der Waals surface area contributed by atoms with Crippen LogP contribution in [0.25, 0.3) is 0 Å². The SMILES string of the molecule is COc1ccccc1CNC(=O)CCC1N=C2c3ccccc3N=C(SCc3ccccc3F)N2C1=O. The van der Waals surface area contributed by atoms with Gasteiger partial charge in [0.1, 0.15) is 23.4 Å². The maximum absolute atomic E-state index is 14.2. The van der Waals surface area contributed by atoms with Gasteiger partial charge in [-0.25, -0.2) is 14.3 Å². The fraction of sp³-hybridized carbons (Fsp3) is 0.214. The molecule has 37 heavy (non-hydrogen) atoms. The van der Waals surface area contributed by atoms with Crippen LogP contribution >= 0.6 is 11.8 Å². The first-order valence-corrected chi connectivity index (χ1v) is 12.9. The zero-order chi connectivity index (χ0) is 25.8. The molecule has 9 heteroatoms. The number of nitrogens with one attached hydrogen (secondary N) is 1. The summed E-state index contributed by atoms with van der Waals surface area (Å²) in [5.74, 6) is 0.835. The van der Waals surface area contributed by atoms with Crippen LogP contribution in [-0.2, 0) is 21.9 Å². The van der Waals surface area contributed by atoms with Crippen molar-refractivity contribution in [1.82, 2.24) is 10.2 Å². The van der Waals surface area contributed by atoms with Crippen molar-refractivity contribution >= 4 is 40.3 Å². The highest BCUT2D eigenvalue weighted by Gasteiger charge is 2.41. The third-order valence-corrected chi connectivity index (χ3v) is 7.16. The van der Waals surface area contributed by atoms with E-state index in [0.717, 1.165) is 11.1 Å². The molecule has 3 aromatic carbocycles. The molecule has 188 valence electrons. The van der Waals surface area contributed by atoms with Crippen LogP contribution < -0.4 is 10.1 Å². The average molecular weight is 517 g/mol. The van der Waals surface area contributed by atoms with Crippen LogP contribution in [0.3, 0.4) is 0 Å². The molecule has 0 fully saturated rings. The van der Waals surface area contributed by atoms with E-state index in [1.54, 1.807) is 25.3 Å². The number of para-hydroxylation sites is 2. The number of carbonyl (C=O) groups is 2. The maximum Gasteiger partial charge on any atom is 0.259 e. The van der Waals surface area contributed by atoms with Gasteiger partial charge in [0, 0.05) is 29.8 Å². The Bertz CT molecular complexity index is 1410. The lowest BCUT2D eigenvalue weighted by molar-refractivity contribution is -0.125. The summed E-state index contributed by atoms with van der Waals surface area (Å²) in [5.41, 5.74) is 2.87. The summed E-state index contributed by atoms with van der Waals surface area (Å²) in [5, 5.41) is 3.34. The molecule has 1 N–H and O–H groups in total. The molecule has 2 aliphatic rings. The first-order chi connectivity index (χ1) is 18.0. The summed E-state index contributed by atoms with van der Waals surface area (Å²) in [6.07, 6.45) is 0.413. The topological polar surface area (TPSA) is 83.4 Å². The molecule has 0 saturated carbocycles. The number of rotatable bonds is 8. The molecule has 0 aliphatic carbocycles. The van der Waals surface area contributed by atoms with Crippen molar-refractivity contribution in [2.75, 3.05) is 7.11 Å². The monoisotopic (exact) mass is 516 g/mol. The number of nitrogens with zero attached hydrogens (tertiary/aromatic N) is 3. The van der Waals surface area contributed by atoms with Gasteiger partial charge in [0.05, 0.1) is 12.8 Å². The fourth-order valence-electron chi connectivity index (χ4n) is 4.24. The van der Waals surface area contributed by atoms with E-state index in [9.17, 15) is 14.0 Å². The Morgan fingerprint density at radius 3 is 2.59 bits per heavy atom. The molecule has 0 spiro atoms. The van der Waals surface area contributed by atoms with Crippen molar-refractivity contribution in [3.8, 4) is 5.75 Å². The van der Waals surface area contributed by atoms with Crippen LogP contribution in [0.4, 0.5) is 10.1 Å². The molecule has 0 bridgehead atoms. The van der Waals surface area contributed by atoms with Crippen molar-refractivity contribution in [3.63, 3.8) is 0 Å². The summed E-state index contributed by atoms with van der Waals surface area (Å²) >= 11 is 1.29. The molecule has 0 aromatic heterocycles. The molecule has 2 aliphatic heterocycles. The van der Waals surface area contributed by atoms with Gasteiger partial charge in [-0.05, 0) is 36.2 Å². The lowest BCUT2D eigenvalue weighted by Crippen LogP contribution is -2.41. The smallest absolute Gasteiger partial charge is 0.259 e. The fourth-order valence-corrected chi connectivity index (χ4v) is 5.23. The van der Waals surface area contributed by atoms with Crippen LogP contribution in [-0.4, -0.2) is 40.9 Å². The predicted octanol–water partition coefficient (Wildman–Crippen LogP) is 4.82. The minimum Gasteiger partial charge on any atom is -0.496 e. The second-order valence-corrected chi connectivity index (χ2v) is 9.50. The Kier molecular flexibility index (Phi) is 7.32. The predicted molar refractivity (Wildman–Crippen MR) is 142 cm³/mol. The third kappa shape index (κ3) is 5.27. The molecular formula is C28H25FN4O3S. The Hall–Kier alpha value is -3.98. The van der Waals surface area contributed by atoms with Gasteiger partial charge in [0.15, 0.2) is 5.17 Å². The van der Waals surface area contributed by atoms with Crippen LogP contribution in [0, 0.1) is 5.82 Å². The number of benzene rings is 3. The van der Waals surface area contributed by atoms with Gasteiger partial charge >= 0.3 is 0 Å². The van der Waals surface area contributed by atoms with Crippen molar-refractivity contribution in [3.05, 3.63) is 95.3 Å². The highest BCUT2D eigenvalue weighted by molar-refractivity contribution is 8.13. The second-order valence-electron chi connectivity index (χ2n) is 8.56. The molecule has 7 nitrogen and oxygen atoms in total.